The molecule has 8 rings (SSSR count). The molecule has 2 amide bonds. The van der Waals surface area contributed by atoms with Gasteiger partial charge >= 0.3 is 5.97 Å². The Morgan fingerprint density at radius 2 is 0.972 bits per heavy atom. The van der Waals surface area contributed by atoms with E-state index in [1.807, 2.05) is 38.4 Å². The summed E-state index contributed by atoms with van der Waals surface area (Å²) in [5.41, 5.74) is 0.318. The average molecular weight is 1010 g/mol. The van der Waals surface area contributed by atoms with E-state index in [0.29, 0.717) is 96.3 Å². The van der Waals surface area contributed by atoms with Crippen LogP contribution in [-0.2, 0) is 27.3 Å². The van der Waals surface area contributed by atoms with Crippen LogP contribution in [0.15, 0.2) is 54.6 Å². The van der Waals surface area contributed by atoms with E-state index < -0.39 is 23.0 Å². The number of carboxylic acids is 1. The lowest BCUT2D eigenvalue weighted by molar-refractivity contribution is -0.131. The molecule has 23 nitrogen and oxygen atoms in total. The fraction of sp³-hybridized carbons (Fsp3) is 0.653. The number of fused-ring (bicyclic) bond motifs is 31. The van der Waals surface area contributed by atoms with Crippen LogP contribution in [0.3, 0.4) is 0 Å². The number of anilines is 1. The zero-order chi connectivity index (χ0) is 51.1. The van der Waals surface area contributed by atoms with Crippen molar-refractivity contribution < 1.29 is 29.7 Å². The largest absolute Gasteiger partial charge is 0.504 e. The third kappa shape index (κ3) is 18.2. The van der Waals surface area contributed by atoms with E-state index in [0.717, 1.165) is 83.2 Å². The second-order valence-electron chi connectivity index (χ2n) is 20.0. The SMILES string of the molecule is CNC12CNCCNCC(NCc3ccc(NC(=O)/C=C/C(=O)O)cc3)(CNCCNC1)CNC(C1CNCC3(NC)CNCCNCC(NC(=O)Cc4ccc(O)c(O)c4)(CNCCNC3)CN1)CNC2. The second-order valence-corrected chi connectivity index (χ2v) is 20.0. The van der Waals surface area contributed by atoms with Gasteiger partial charge in [-0.25, -0.2) is 4.79 Å². The maximum absolute atomic E-state index is 14.1. The summed E-state index contributed by atoms with van der Waals surface area (Å²) in [4.78, 5) is 37.4. The minimum Gasteiger partial charge on any atom is -0.504 e. The molecule has 72 heavy (non-hydrogen) atoms. The molecular weight excluding hydrogens is 923 g/mol. The predicted molar refractivity (Wildman–Crippen MR) is 282 cm³/mol. The Morgan fingerprint density at radius 3 is 1.43 bits per heavy atom. The molecule has 4 bridgehead atoms. The minimum atomic E-state index is -1.19. The summed E-state index contributed by atoms with van der Waals surface area (Å²) >= 11 is 0. The normalized spacial score (nSPS) is 29.5. The summed E-state index contributed by atoms with van der Waals surface area (Å²) in [6, 6.07) is 11.7. The summed E-state index contributed by atoms with van der Waals surface area (Å²) in [7, 11) is 4.06. The topological polar surface area (TPSA) is 316 Å². The van der Waals surface area contributed by atoms with E-state index >= 15 is 0 Å². The number of carboxylic acid groups (broad SMARTS) is 1. The number of carbonyl (C=O) groups is 3. The molecule has 2 aromatic carbocycles. The third-order valence-corrected chi connectivity index (χ3v) is 14.3. The minimum absolute atomic E-state index is 0.0187. The Bertz CT molecular complexity index is 1980. The number of aromatic hydroxyl groups is 2. The summed E-state index contributed by atoms with van der Waals surface area (Å²) in [5, 5.41) is 92.3. The molecule has 2 atom stereocenters. The number of aliphatic carboxylic acids is 1. The van der Waals surface area contributed by atoms with Gasteiger partial charge in [0.1, 0.15) is 0 Å². The van der Waals surface area contributed by atoms with Gasteiger partial charge in [0, 0.05) is 180 Å². The monoisotopic (exact) mass is 1010 g/mol. The number of phenols is 2. The highest BCUT2D eigenvalue weighted by Gasteiger charge is 2.38. The van der Waals surface area contributed by atoms with Crippen LogP contribution < -0.4 is 90.4 Å². The van der Waals surface area contributed by atoms with Crippen molar-refractivity contribution in [2.24, 2.45) is 0 Å². The number of carbonyl (C=O) groups excluding carboxylic acids is 2. The Kier molecular flexibility index (Phi) is 22.8. The molecule has 6 fully saturated rings. The van der Waals surface area contributed by atoms with E-state index in [4.69, 9.17) is 5.11 Å². The number of rotatable bonds is 12. The maximum atomic E-state index is 14.1. The number of phenolic OH excluding ortho intramolecular Hbond substituents is 2. The van der Waals surface area contributed by atoms with E-state index in [1.165, 1.54) is 12.1 Å². The van der Waals surface area contributed by atoms with Crippen LogP contribution in [0.2, 0.25) is 0 Å². The highest BCUT2D eigenvalue weighted by Crippen LogP contribution is 2.25. The Hall–Kier alpha value is -4.41. The lowest BCUT2D eigenvalue weighted by Gasteiger charge is -2.43. The van der Waals surface area contributed by atoms with Gasteiger partial charge in [0.2, 0.25) is 11.8 Å². The molecule has 20 N–H and O–H groups in total. The van der Waals surface area contributed by atoms with Gasteiger partial charge < -0.3 is 106 Å². The van der Waals surface area contributed by atoms with Gasteiger partial charge in [-0.2, -0.15) is 0 Å². The zero-order valence-corrected chi connectivity index (χ0v) is 42.4. The summed E-state index contributed by atoms with van der Waals surface area (Å²) in [6.07, 6.45) is 1.82. The lowest BCUT2D eigenvalue weighted by Crippen LogP contribution is -2.71. The van der Waals surface area contributed by atoms with Crippen LogP contribution in [0.25, 0.3) is 0 Å². The number of nitrogens with one attached hydrogen (secondary N) is 17. The molecule has 0 aliphatic carbocycles. The first-order valence-corrected chi connectivity index (χ1v) is 25.7. The van der Waals surface area contributed by atoms with E-state index in [-0.39, 0.29) is 47.0 Å². The Balaban J connectivity index is 1.32. The molecule has 6 heterocycles. The van der Waals surface area contributed by atoms with Crippen molar-refractivity contribution in [3.8, 4) is 11.5 Å². The van der Waals surface area contributed by atoms with E-state index in [2.05, 4.69) is 90.4 Å². The van der Waals surface area contributed by atoms with Gasteiger partial charge in [-0.15, -0.1) is 0 Å². The molecule has 6 aliphatic rings. The molecule has 23 heteroatoms. The van der Waals surface area contributed by atoms with Crippen LogP contribution in [0, 0.1) is 0 Å². The molecule has 6 saturated heterocycles. The predicted octanol–water partition coefficient (Wildman–Crippen LogP) is -5.61. The van der Waals surface area contributed by atoms with Crippen molar-refractivity contribution in [3.05, 3.63) is 65.7 Å². The number of benzene rings is 2. The maximum Gasteiger partial charge on any atom is 0.328 e. The van der Waals surface area contributed by atoms with Crippen molar-refractivity contribution in [1.82, 2.24) is 85.1 Å². The first-order chi connectivity index (χ1) is 34.9. The van der Waals surface area contributed by atoms with Crippen molar-refractivity contribution in [1.29, 1.82) is 0 Å². The molecule has 2 unspecified atom stereocenters. The molecular formula is C49H85N17O6. The van der Waals surface area contributed by atoms with Gasteiger partial charge in [-0.3, -0.25) is 9.59 Å². The second kappa shape index (κ2) is 28.9. The van der Waals surface area contributed by atoms with Crippen molar-refractivity contribution in [2.75, 3.05) is 163 Å². The molecule has 2 aromatic rings. The fourth-order valence-electron chi connectivity index (χ4n) is 9.76. The van der Waals surface area contributed by atoms with Crippen LogP contribution in [0.5, 0.6) is 11.5 Å². The van der Waals surface area contributed by atoms with Crippen molar-refractivity contribution >= 4 is 23.5 Å². The first-order valence-electron chi connectivity index (χ1n) is 25.7. The highest BCUT2D eigenvalue weighted by molar-refractivity contribution is 6.02. The zero-order valence-electron chi connectivity index (χ0n) is 42.4. The molecule has 0 spiro atoms. The highest BCUT2D eigenvalue weighted by atomic mass is 16.4. The van der Waals surface area contributed by atoms with Gasteiger partial charge in [-0.1, -0.05) is 18.2 Å². The first kappa shape index (κ1) is 56.9. The van der Waals surface area contributed by atoms with Gasteiger partial charge in [-0.05, 0) is 49.5 Å². The third-order valence-electron chi connectivity index (χ3n) is 14.3. The van der Waals surface area contributed by atoms with Gasteiger partial charge in [0.15, 0.2) is 11.5 Å². The summed E-state index contributed by atoms with van der Waals surface area (Å²) in [6.45, 7) is 15.3. The molecule has 0 aromatic heterocycles. The molecule has 0 radical (unpaired) electrons. The van der Waals surface area contributed by atoms with E-state index in [9.17, 15) is 24.6 Å². The number of likely N-dealkylation sites (N-methyl/N-ethyl adjacent to an activating group) is 2. The Morgan fingerprint density at radius 1 is 0.542 bits per heavy atom. The number of amides is 2. The van der Waals surface area contributed by atoms with Crippen molar-refractivity contribution in [3.63, 3.8) is 0 Å². The number of hydrogen-bond acceptors (Lipinski definition) is 20. The standard InChI is InChI=1S/C49H85N17O6/c1-50-46-24-52-11-15-56-30-48(31-57-16-12-53-25-46,64-21-36-3-6-38(7-4-36)65-43(69)9-10-45(71)72)34-62-39(22-60-28-46)40-23-61-29-47(51-2)26-54-13-17-58-32-49(35-63-40,33-59-18-14-55-27-47)66-44(70)20-37-5-8-41(67)42(68)19-37/h3-10,19,39-40,50-64,67-68H,11-18,20-35H2,1-2H3,(H,65,69)(H,66,70)(H,71,72)/b10-9+. The van der Waals surface area contributed by atoms with Crippen molar-refractivity contribution in [2.45, 2.75) is 47.2 Å². The summed E-state index contributed by atoms with van der Waals surface area (Å²) < 4.78 is 0. The van der Waals surface area contributed by atoms with Crippen LogP contribution in [-0.4, -0.2) is 225 Å². The smallest absolute Gasteiger partial charge is 0.328 e. The lowest BCUT2D eigenvalue weighted by atomic mass is 9.93. The fourth-order valence-corrected chi connectivity index (χ4v) is 9.76. The average Bonchev–Trinajstić information content (AvgIpc) is 3.37. The van der Waals surface area contributed by atoms with E-state index in [1.54, 1.807) is 6.07 Å². The van der Waals surface area contributed by atoms with Gasteiger partial charge in [0.25, 0.3) is 0 Å². The molecule has 0 saturated carbocycles. The van der Waals surface area contributed by atoms with Gasteiger partial charge in [0.05, 0.1) is 28.6 Å². The Labute approximate surface area is 424 Å². The molecule has 402 valence electrons. The quantitative estimate of drug-likeness (QED) is 0.0697. The van der Waals surface area contributed by atoms with Crippen LogP contribution >= 0.6 is 0 Å². The number of hydrogen-bond donors (Lipinski definition) is 20. The van der Waals surface area contributed by atoms with Crippen LogP contribution in [0.1, 0.15) is 11.1 Å². The molecule has 6 aliphatic heterocycles. The summed E-state index contributed by atoms with van der Waals surface area (Å²) in [5.74, 6) is -2.42. The van der Waals surface area contributed by atoms with Crippen LogP contribution in [0.4, 0.5) is 5.69 Å².